The third-order valence-electron chi connectivity index (χ3n) is 3.94. The molecule has 0 spiro atoms. The van der Waals surface area contributed by atoms with E-state index in [1.807, 2.05) is 0 Å². The molecule has 1 aliphatic heterocycles. The molecule has 1 N–H and O–H groups in total. The summed E-state index contributed by atoms with van der Waals surface area (Å²) in [6.07, 6.45) is 0. The fraction of sp³-hybridized carbons (Fsp3) is 0.375. The third-order valence-corrected chi connectivity index (χ3v) is 5.53. The Morgan fingerprint density at radius 1 is 1.36 bits per heavy atom. The number of amides is 1. The summed E-state index contributed by atoms with van der Waals surface area (Å²) in [5.74, 6) is 0.163. The minimum atomic E-state index is -3.47. The van der Waals surface area contributed by atoms with Gasteiger partial charge in [0.2, 0.25) is 15.0 Å². The van der Waals surface area contributed by atoms with E-state index in [0.717, 1.165) is 0 Å². The average molecular weight is 365 g/mol. The highest BCUT2D eigenvalue weighted by Gasteiger charge is 2.35. The quantitative estimate of drug-likeness (QED) is 0.758. The van der Waals surface area contributed by atoms with Crippen molar-refractivity contribution in [3.05, 3.63) is 30.0 Å². The molecule has 0 atom stereocenters. The predicted octanol–water partition coefficient (Wildman–Crippen LogP) is 0.722. The molecule has 0 unspecified atom stereocenters. The van der Waals surface area contributed by atoms with Crippen LogP contribution in [0.4, 0.5) is 0 Å². The number of ether oxygens (including phenoxy) is 2. The molecule has 25 heavy (non-hydrogen) atoms. The van der Waals surface area contributed by atoms with Crippen LogP contribution < -0.4 is 10.1 Å². The fourth-order valence-electron chi connectivity index (χ4n) is 2.73. The molecule has 9 heteroatoms. The van der Waals surface area contributed by atoms with Gasteiger partial charge in [-0.25, -0.2) is 13.4 Å². The number of sulfone groups is 1. The molecule has 1 aliphatic rings. The Kier molecular flexibility index (Phi) is 4.78. The molecule has 8 nitrogen and oxygen atoms in total. The van der Waals surface area contributed by atoms with Crippen LogP contribution in [0.2, 0.25) is 0 Å². The van der Waals surface area contributed by atoms with Gasteiger partial charge in [-0.05, 0) is 12.1 Å². The maximum absolute atomic E-state index is 12.6. The topological polar surface area (TPSA) is 99.5 Å². The van der Waals surface area contributed by atoms with Crippen LogP contribution in [0.15, 0.2) is 29.4 Å². The van der Waals surface area contributed by atoms with Gasteiger partial charge >= 0.3 is 0 Å². The molecule has 134 valence electrons. The molecule has 0 fully saturated rings. The normalized spacial score (nSPS) is 15.0. The van der Waals surface area contributed by atoms with Crippen LogP contribution in [0, 0.1) is 0 Å². The van der Waals surface area contributed by atoms with Crippen molar-refractivity contribution in [3.63, 3.8) is 0 Å². The van der Waals surface area contributed by atoms with Gasteiger partial charge < -0.3 is 19.4 Å². The van der Waals surface area contributed by atoms with E-state index in [1.165, 1.54) is 18.8 Å². The number of nitrogens with zero attached hydrogens (tertiary/aromatic N) is 2. The second-order valence-corrected chi connectivity index (χ2v) is 7.55. The smallest absolute Gasteiger partial charge is 0.270 e. The van der Waals surface area contributed by atoms with Gasteiger partial charge in [0.1, 0.15) is 17.1 Å². The lowest BCUT2D eigenvalue weighted by Crippen LogP contribution is -2.29. The van der Waals surface area contributed by atoms with Gasteiger partial charge in [0.15, 0.2) is 0 Å². The van der Waals surface area contributed by atoms with Crippen molar-refractivity contribution in [1.29, 1.82) is 0 Å². The number of carbonyl (C=O) groups is 1. The maximum Gasteiger partial charge on any atom is 0.270 e. The highest BCUT2D eigenvalue weighted by Crippen LogP contribution is 2.31. The Hall–Kier alpha value is -2.39. The zero-order valence-corrected chi connectivity index (χ0v) is 14.8. The number of carbonyl (C=O) groups excluding carboxylic acids is 1. The Balaban J connectivity index is 2.10. The summed E-state index contributed by atoms with van der Waals surface area (Å²) < 4.78 is 36.0. The van der Waals surface area contributed by atoms with Gasteiger partial charge in [0, 0.05) is 25.8 Å². The summed E-state index contributed by atoms with van der Waals surface area (Å²) in [4.78, 5) is 16.9. The van der Waals surface area contributed by atoms with E-state index in [-0.39, 0.29) is 29.1 Å². The Bertz CT molecular complexity index is 904. The van der Waals surface area contributed by atoms with Gasteiger partial charge in [0.25, 0.3) is 5.91 Å². The summed E-state index contributed by atoms with van der Waals surface area (Å²) in [5, 5.41) is 2.66. The molecule has 2 heterocycles. The first-order chi connectivity index (χ1) is 12.0. The minimum Gasteiger partial charge on any atom is -0.497 e. The first-order valence-corrected chi connectivity index (χ1v) is 9.38. The van der Waals surface area contributed by atoms with Crippen LogP contribution >= 0.6 is 0 Å². The fourth-order valence-corrected chi connectivity index (χ4v) is 4.09. The largest absolute Gasteiger partial charge is 0.497 e. The molecule has 1 amide bonds. The van der Waals surface area contributed by atoms with Crippen molar-refractivity contribution in [2.75, 3.05) is 33.1 Å². The van der Waals surface area contributed by atoms with E-state index in [9.17, 15) is 13.2 Å². The van der Waals surface area contributed by atoms with Crippen molar-refractivity contribution in [2.24, 2.45) is 0 Å². The zero-order chi connectivity index (χ0) is 18.0. The van der Waals surface area contributed by atoms with Crippen LogP contribution in [0.5, 0.6) is 5.75 Å². The first-order valence-electron chi connectivity index (χ1n) is 7.73. The molecule has 0 saturated heterocycles. The lowest BCUT2D eigenvalue weighted by Gasteiger charge is -2.09. The van der Waals surface area contributed by atoms with Crippen molar-refractivity contribution in [2.45, 2.75) is 11.7 Å². The summed E-state index contributed by atoms with van der Waals surface area (Å²) >= 11 is 0. The molecular weight excluding hydrogens is 346 g/mol. The number of fused-ring (bicyclic) bond motifs is 1. The standard InChI is InChI=1S/C16H19N3O5S/c1-23-8-6-17-15(20)14-13(11-4-3-5-12(10-11)24-2)18-16-19(14)7-9-25(16,21)22/h3-5,10H,6-9H2,1-2H3,(H,17,20). The first kappa shape index (κ1) is 17.4. The van der Waals surface area contributed by atoms with Crippen LogP contribution in [0.3, 0.4) is 0 Å². The monoisotopic (exact) mass is 365 g/mol. The van der Waals surface area contributed by atoms with E-state index in [0.29, 0.717) is 30.2 Å². The van der Waals surface area contributed by atoms with Gasteiger partial charge in [-0.3, -0.25) is 4.79 Å². The SMILES string of the molecule is COCCNC(=O)c1c(-c2cccc(OC)c2)nc2n1CCS2(=O)=O. The Morgan fingerprint density at radius 3 is 2.88 bits per heavy atom. The third kappa shape index (κ3) is 3.24. The number of imidazole rings is 1. The molecule has 2 aromatic rings. The number of aromatic nitrogens is 2. The molecular formula is C16H19N3O5S. The zero-order valence-electron chi connectivity index (χ0n) is 14.0. The highest BCUT2D eigenvalue weighted by atomic mass is 32.2. The van der Waals surface area contributed by atoms with Crippen LogP contribution in [0.1, 0.15) is 10.5 Å². The number of nitrogens with one attached hydrogen (secondary N) is 1. The summed E-state index contributed by atoms with van der Waals surface area (Å²) in [6, 6.07) is 7.01. The van der Waals surface area contributed by atoms with Crippen LogP contribution in [-0.2, 0) is 21.1 Å². The molecule has 0 bridgehead atoms. The van der Waals surface area contributed by atoms with E-state index < -0.39 is 9.84 Å². The molecule has 3 rings (SSSR count). The number of methoxy groups -OCH3 is 2. The van der Waals surface area contributed by atoms with Crippen LogP contribution in [-0.4, -0.2) is 57.0 Å². The van der Waals surface area contributed by atoms with Gasteiger partial charge in [-0.2, -0.15) is 0 Å². The predicted molar refractivity (Wildman–Crippen MR) is 90.5 cm³/mol. The Labute approximate surface area is 145 Å². The molecule has 1 aromatic carbocycles. The lowest BCUT2D eigenvalue weighted by molar-refractivity contribution is 0.0928. The van der Waals surface area contributed by atoms with Gasteiger partial charge in [-0.1, -0.05) is 12.1 Å². The molecule has 0 radical (unpaired) electrons. The second kappa shape index (κ2) is 6.85. The summed E-state index contributed by atoms with van der Waals surface area (Å²) in [6.45, 7) is 0.890. The summed E-state index contributed by atoms with van der Waals surface area (Å²) in [5.41, 5.74) is 1.18. The van der Waals surface area contributed by atoms with Gasteiger partial charge in [-0.15, -0.1) is 0 Å². The van der Waals surface area contributed by atoms with Crippen molar-refractivity contribution >= 4 is 15.7 Å². The van der Waals surface area contributed by atoms with E-state index >= 15 is 0 Å². The molecule has 0 aliphatic carbocycles. The van der Waals surface area contributed by atoms with E-state index in [4.69, 9.17) is 9.47 Å². The Morgan fingerprint density at radius 2 is 2.16 bits per heavy atom. The summed E-state index contributed by atoms with van der Waals surface area (Å²) in [7, 11) is -0.398. The second-order valence-electron chi connectivity index (χ2n) is 5.54. The van der Waals surface area contributed by atoms with Crippen LogP contribution in [0.25, 0.3) is 11.3 Å². The molecule has 0 saturated carbocycles. The number of rotatable bonds is 6. The van der Waals surface area contributed by atoms with E-state index in [2.05, 4.69) is 10.3 Å². The highest BCUT2D eigenvalue weighted by molar-refractivity contribution is 7.91. The van der Waals surface area contributed by atoms with Gasteiger partial charge in [0.05, 0.1) is 19.5 Å². The molecule has 1 aromatic heterocycles. The number of hydrogen-bond donors (Lipinski definition) is 1. The number of benzene rings is 1. The van der Waals surface area contributed by atoms with Crippen molar-refractivity contribution in [1.82, 2.24) is 14.9 Å². The number of hydrogen-bond acceptors (Lipinski definition) is 6. The van der Waals surface area contributed by atoms with E-state index in [1.54, 1.807) is 24.3 Å². The van der Waals surface area contributed by atoms with Crippen molar-refractivity contribution in [3.8, 4) is 17.0 Å². The lowest BCUT2D eigenvalue weighted by atomic mass is 10.1. The minimum absolute atomic E-state index is 0.0495. The maximum atomic E-state index is 12.6. The average Bonchev–Trinajstić information content (AvgIpc) is 3.13. The van der Waals surface area contributed by atoms with Crippen molar-refractivity contribution < 1.29 is 22.7 Å².